The van der Waals surface area contributed by atoms with E-state index in [0.717, 1.165) is 22.4 Å². The first-order valence-corrected chi connectivity index (χ1v) is 9.36. The monoisotopic (exact) mass is 358 g/mol. The van der Waals surface area contributed by atoms with E-state index in [1.165, 1.54) is 0 Å². The molecule has 1 aliphatic heterocycles. The number of rotatable bonds is 4. The van der Waals surface area contributed by atoms with E-state index in [1.54, 1.807) is 15.5 Å². The molecule has 0 saturated carbocycles. The Morgan fingerprint density at radius 1 is 0.963 bits per heavy atom. The number of nitrogens with zero attached hydrogens (tertiary/aromatic N) is 2. The Kier molecular flexibility index (Phi) is 4.40. The molecule has 0 radical (unpaired) electrons. The number of carbonyl (C=O) groups excluding carboxylic acids is 1. The van der Waals surface area contributed by atoms with Crippen LogP contribution in [0.5, 0.6) is 0 Å². The Balaban J connectivity index is 2.01. The molecule has 2 heterocycles. The quantitative estimate of drug-likeness (QED) is 0.553. The number of fused-ring (bicyclic) bond motifs is 3. The van der Waals surface area contributed by atoms with Crippen molar-refractivity contribution in [2.45, 2.75) is 20.4 Å². The first-order valence-electron chi connectivity index (χ1n) is 9.36. The molecule has 1 aliphatic rings. The highest BCUT2D eigenvalue weighted by Gasteiger charge is 2.28. The molecule has 0 aliphatic carbocycles. The van der Waals surface area contributed by atoms with Crippen LogP contribution in [-0.4, -0.2) is 28.5 Å². The molecule has 4 heteroatoms. The van der Waals surface area contributed by atoms with Gasteiger partial charge in [0.2, 0.25) is 0 Å². The van der Waals surface area contributed by atoms with Crippen molar-refractivity contribution < 1.29 is 4.79 Å². The molecule has 0 N–H and O–H groups in total. The molecule has 2 aromatic carbocycles. The van der Waals surface area contributed by atoms with E-state index in [0.29, 0.717) is 30.8 Å². The summed E-state index contributed by atoms with van der Waals surface area (Å²) in [5.74, 6) is -0.0300. The van der Waals surface area contributed by atoms with Gasteiger partial charge >= 0.3 is 0 Å². The van der Waals surface area contributed by atoms with Crippen LogP contribution in [0.1, 0.15) is 29.8 Å². The van der Waals surface area contributed by atoms with E-state index in [1.807, 2.05) is 68.4 Å². The zero-order valence-electron chi connectivity index (χ0n) is 15.6. The Labute approximate surface area is 158 Å². The zero-order valence-corrected chi connectivity index (χ0v) is 15.6. The normalized spacial score (nSPS) is 11.8. The van der Waals surface area contributed by atoms with Crippen molar-refractivity contribution >= 4 is 5.91 Å². The second kappa shape index (κ2) is 6.88. The van der Waals surface area contributed by atoms with Crippen LogP contribution in [0.4, 0.5) is 0 Å². The summed E-state index contributed by atoms with van der Waals surface area (Å²) < 4.78 is 1.75. The van der Waals surface area contributed by atoms with E-state index < -0.39 is 0 Å². The Morgan fingerprint density at radius 3 is 2.33 bits per heavy atom. The summed E-state index contributed by atoms with van der Waals surface area (Å²) in [4.78, 5) is 28.3. The number of benzene rings is 2. The number of hydrogen-bond donors (Lipinski definition) is 0. The van der Waals surface area contributed by atoms with Gasteiger partial charge < -0.3 is 9.47 Å². The third kappa shape index (κ3) is 2.78. The summed E-state index contributed by atoms with van der Waals surface area (Å²) in [6.07, 6.45) is 0. The van der Waals surface area contributed by atoms with Crippen molar-refractivity contribution in [3.05, 3.63) is 82.1 Å². The van der Waals surface area contributed by atoms with Gasteiger partial charge in [-0.25, -0.2) is 0 Å². The minimum absolute atomic E-state index is 0.0300. The lowest BCUT2D eigenvalue weighted by molar-refractivity contribution is 0.0773. The third-order valence-electron chi connectivity index (χ3n) is 5.26. The van der Waals surface area contributed by atoms with Gasteiger partial charge in [-0.3, -0.25) is 9.59 Å². The highest BCUT2D eigenvalue weighted by Crippen LogP contribution is 2.35. The van der Waals surface area contributed by atoms with Gasteiger partial charge in [-0.1, -0.05) is 54.6 Å². The van der Waals surface area contributed by atoms with Crippen molar-refractivity contribution in [2.24, 2.45) is 0 Å². The molecular formula is C23H22N2O2. The lowest BCUT2D eigenvalue weighted by Crippen LogP contribution is -2.33. The number of carbonyl (C=O) groups is 1. The molecule has 3 aromatic rings. The largest absolute Gasteiger partial charge is 0.339 e. The van der Waals surface area contributed by atoms with Gasteiger partial charge in [0.25, 0.3) is 11.5 Å². The Morgan fingerprint density at radius 2 is 1.63 bits per heavy atom. The van der Waals surface area contributed by atoms with Crippen molar-refractivity contribution in [3.8, 4) is 22.4 Å². The first-order chi connectivity index (χ1) is 13.2. The summed E-state index contributed by atoms with van der Waals surface area (Å²) in [5.41, 5.74) is 4.75. The summed E-state index contributed by atoms with van der Waals surface area (Å²) in [6.45, 7) is 5.72. The van der Waals surface area contributed by atoms with Crippen LogP contribution in [0.2, 0.25) is 0 Å². The predicted molar refractivity (Wildman–Crippen MR) is 108 cm³/mol. The predicted octanol–water partition coefficient (Wildman–Crippen LogP) is 4.03. The zero-order chi connectivity index (χ0) is 19.0. The van der Waals surface area contributed by atoms with Crippen LogP contribution in [0.25, 0.3) is 22.4 Å². The van der Waals surface area contributed by atoms with Crippen LogP contribution in [-0.2, 0) is 6.54 Å². The lowest BCUT2D eigenvalue weighted by Gasteiger charge is -2.21. The Hall–Kier alpha value is -3.14. The topological polar surface area (TPSA) is 42.3 Å². The fraction of sp³-hybridized carbons (Fsp3) is 0.217. The SMILES string of the molecule is CCN(CC)C(=O)c1cc(-c2ccccc2)c(=O)n2c1-c1ccccc1C2. The van der Waals surface area contributed by atoms with Gasteiger partial charge in [-0.15, -0.1) is 0 Å². The highest BCUT2D eigenvalue weighted by atomic mass is 16.2. The molecule has 0 atom stereocenters. The minimum atomic E-state index is -0.0523. The van der Waals surface area contributed by atoms with Gasteiger partial charge in [0.05, 0.1) is 17.8 Å². The number of pyridine rings is 1. The summed E-state index contributed by atoms with van der Waals surface area (Å²) in [7, 11) is 0. The van der Waals surface area contributed by atoms with Gasteiger partial charge in [0.1, 0.15) is 0 Å². The van der Waals surface area contributed by atoms with Crippen LogP contribution >= 0.6 is 0 Å². The minimum Gasteiger partial charge on any atom is -0.339 e. The summed E-state index contributed by atoms with van der Waals surface area (Å²) >= 11 is 0. The maximum atomic E-state index is 13.3. The summed E-state index contributed by atoms with van der Waals surface area (Å²) in [5, 5.41) is 0. The van der Waals surface area contributed by atoms with Gasteiger partial charge in [-0.2, -0.15) is 0 Å². The smallest absolute Gasteiger partial charge is 0.259 e. The molecule has 0 spiro atoms. The average molecular weight is 358 g/mol. The van der Waals surface area contributed by atoms with Crippen LogP contribution < -0.4 is 5.56 Å². The van der Waals surface area contributed by atoms with E-state index in [4.69, 9.17) is 0 Å². The first kappa shape index (κ1) is 17.3. The lowest BCUT2D eigenvalue weighted by atomic mass is 9.99. The third-order valence-corrected chi connectivity index (χ3v) is 5.26. The highest BCUT2D eigenvalue weighted by molar-refractivity contribution is 6.02. The molecular weight excluding hydrogens is 336 g/mol. The molecule has 4 rings (SSSR count). The summed E-state index contributed by atoms with van der Waals surface area (Å²) in [6, 6.07) is 19.3. The molecule has 0 bridgehead atoms. The van der Waals surface area contributed by atoms with Crippen LogP contribution in [0, 0.1) is 0 Å². The number of hydrogen-bond acceptors (Lipinski definition) is 2. The molecule has 0 unspecified atom stereocenters. The van der Waals surface area contributed by atoms with E-state index >= 15 is 0 Å². The van der Waals surface area contributed by atoms with Crippen LogP contribution in [0.3, 0.4) is 0 Å². The molecule has 136 valence electrons. The number of amides is 1. The molecule has 1 aromatic heterocycles. The maximum absolute atomic E-state index is 13.3. The van der Waals surface area contributed by atoms with Gasteiger partial charge in [0.15, 0.2) is 0 Å². The molecule has 0 saturated heterocycles. The standard InChI is InChI=1S/C23H22N2O2/c1-3-24(4-2)22(26)20-14-19(16-10-6-5-7-11-16)23(27)25-15-17-12-8-9-13-18(17)21(20)25/h5-14H,3-4,15H2,1-2H3. The Bertz CT molecular complexity index is 1060. The van der Waals surface area contributed by atoms with E-state index in [9.17, 15) is 9.59 Å². The maximum Gasteiger partial charge on any atom is 0.259 e. The second-order valence-electron chi connectivity index (χ2n) is 6.71. The van der Waals surface area contributed by atoms with Crippen molar-refractivity contribution in [1.29, 1.82) is 0 Å². The van der Waals surface area contributed by atoms with Crippen molar-refractivity contribution in [3.63, 3.8) is 0 Å². The van der Waals surface area contributed by atoms with E-state index in [2.05, 4.69) is 0 Å². The van der Waals surface area contributed by atoms with E-state index in [-0.39, 0.29) is 11.5 Å². The second-order valence-corrected chi connectivity index (χ2v) is 6.71. The van der Waals surface area contributed by atoms with Gasteiger partial charge in [-0.05, 0) is 31.0 Å². The molecule has 27 heavy (non-hydrogen) atoms. The van der Waals surface area contributed by atoms with Crippen LogP contribution in [0.15, 0.2) is 65.5 Å². The fourth-order valence-electron chi connectivity index (χ4n) is 3.84. The van der Waals surface area contributed by atoms with Gasteiger partial charge in [0, 0.05) is 24.2 Å². The molecule has 4 nitrogen and oxygen atoms in total. The fourth-order valence-corrected chi connectivity index (χ4v) is 3.84. The molecule has 0 fully saturated rings. The van der Waals surface area contributed by atoms with Crippen molar-refractivity contribution in [1.82, 2.24) is 9.47 Å². The average Bonchev–Trinajstić information content (AvgIpc) is 3.10. The van der Waals surface area contributed by atoms with Crippen molar-refractivity contribution in [2.75, 3.05) is 13.1 Å². The molecule has 1 amide bonds. The number of aromatic nitrogens is 1.